The smallest absolute Gasteiger partial charge is 0.337 e. The fraction of sp³-hybridized carbons (Fsp3) is 0.324. The van der Waals surface area contributed by atoms with Gasteiger partial charge in [-0.2, -0.15) is 0 Å². The Bertz CT molecular complexity index is 1630. The molecule has 3 heterocycles. The summed E-state index contributed by atoms with van der Waals surface area (Å²) < 4.78 is 11.5. The van der Waals surface area contributed by atoms with Crippen LogP contribution in [0.5, 0.6) is 0 Å². The van der Waals surface area contributed by atoms with E-state index in [2.05, 4.69) is 27.3 Å². The van der Waals surface area contributed by atoms with Crippen molar-refractivity contribution in [3.63, 3.8) is 0 Å². The number of benzene rings is 3. The molecule has 5 aromatic rings. The number of carbonyl (C=O) groups excluding carboxylic acids is 1. The highest BCUT2D eigenvalue weighted by atomic mass is 16.5. The first-order valence-corrected chi connectivity index (χ1v) is 14.8. The molecule has 42 heavy (non-hydrogen) atoms. The summed E-state index contributed by atoms with van der Waals surface area (Å²) in [5.41, 5.74) is 4.04. The molecule has 0 aliphatic carbocycles. The summed E-state index contributed by atoms with van der Waals surface area (Å²) in [5, 5.41) is 5.48. The molecule has 6 rings (SSSR count). The van der Waals surface area contributed by atoms with Gasteiger partial charge in [0.15, 0.2) is 5.82 Å². The summed E-state index contributed by atoms with van der Waals surface area (Å²) >= 11 is 0. The Hall–Kier alpha value is -4.27. The van der Waals surface area contributed by atoms with Gasteiger partial charge in [-0.25, -0.2) is 14.8 Å². The molecule has 1 fully saturated rings. The van der Waals surface area contributed by atoms with E-state index in [9.17, 15) is 4.79 Å². The average molecular weight is 564 g/mol. The average Bonchev–Trinajstić information content (AvgIpc) is 3.42. The van der Waals surface area contributed by atoms with Gasteiger partial charge in [0, 0.05) is 17.4 Å². The number of rotatable bonds is 11. The van der Waals surface area contributed by atoms with E-state index in [1.807, 2.05) is 60.7 Å². The number of carbonyl (C=O) groups is 1. The second kappa shape index (κ2) is 13.1. The summed E-state index contributed by atoms with van der Waals surface area (Å²) in [6.45, 7) is 4.65. The minimum absolute atomic E-state index is 0.378. The van der Waals surface area contributed by atoms with Gasteiger partial charge in [0.1, 0.15) is 17.6 Å². The molecular formula is C34H37N5O3. The number of nitrogens with zero attached hydrogens (tertiary/aromatic N) is 3. The van der Waals surface area contributed by atoms with Crippen molar-refractivity contribution in [3.05, 3.63) is 101 Å². The third-order valence-electron chi connectivity index (χ3n) is 7.88. The number of nitrogens with one attached hydrogen (secondary N) is 2. The summed E-state index contributed by atoms with van der Waals surface area (Å²) in [5.74, 6) is 0.953. The van der Waals surface area contributed by atoms with Gasteiger partial charge in [-0.05, 0) is 62.2 Å². The summed E-state index contributed by atoms with van der Waals surface area (Å²) in [6.07, 6.45) is 4.46. The zero-order valence-corrected chi connectivity index (χ0v) is 24.0. The first-order valence-electron chi connectivity index (χ1n) is 14.8. The molecule has 0 bridgehead atoms. The van der Waals surface area contributed by atoms with Crippen molar-refractivity contribution in [2.24, 2.45) is 0 Å². The number of esters is 1. The van der Waals surface area contributed by atoms with E-state index in [4.69, 9.17) is 19.4 Å². The zero-order chi connectivity index (χ0) is 28.7. The number of hydrogen-bond acceptors (Lipinski definition) is 7. The van der Waals surface area contributed by atoms with E-state index in [0.29, 0.717) is 23.6 Å². The Labute approximate surface area is 246 Å². The van der Waals surface area contributed by atoms with Crippen molar-refractivity contribution >= 4 is 33.7 Å². The molecule has 0 amide bonds. The number of aromatic amines is 1. The molecule has 1 saturated heterocycles. The van der Waals surface area contributed by atoms with Crippen LogP contribution in [0.25, 0.3) is 21.9 Å². The molecule has 1 aliphatic heterocycles. The largest absolute Gasteiger partial charge is 0.465 e. The number of anilines is 1. The molecule has 1 aliphatic rings. The topological polar surface area (TPSA) is 92.4 Å². The maximum absolute atomic E-state index is 12.2. The van der Waals surface area contributed by atoms with Crippen LogP contribution in [-0.2, 0) is 16.1 Å². The molecule has 0 saturated carbocycles. The van der Waals surface area contributed by atoms with Crippen molar-refractivity contribution < 1.29 is 14.3 Å². The monoisotopic (exact) mass is 563 g/mol. The standard InChI is InChI=1S/C34H37N5O3/c1-41-34(40)26-16-17-27-28(22-26)36-32-29(27)31(35-18-11-21-39-19-9-4-10-20-39)37-33(38-32)30(25-14-7-3-8-15-25)42-23-24-12-5-2-6-13-24/h2-3,5-8,12-17,22,30H,4,9-11,18-21,23H2,1H3,(H2,35,36,37,38). The van der Waals surface area contributed by atoms with Crippen LogP contribution in [0.3, 0.4) is 0 Å². The quantitative estimate of drug-likeness (QED) is 0.140. The van der Waals surface area contributed by atoms with Gasteiger partial charge in [0.05, 0.1) is 24.7 Å². The van der Waals surface area contributed by atoms with Gasteiger partial charge in [0.2, 0.25) is 0 Å². The van der Waals surface area contributed by atoms with Crippen molar-refractivity contribution in [2.45, 2.75) is 38.4 Å². The van der Waals surface area contributed by atoms with Crippen LogP contribution in [0.1, 0.15) is 59.1 Å². The Balaban J connectivity index is 1.37. The molecule has 3 aromatic carbocycles. The lowest BCUT2D eigenvalue weighted by atomic mass is 10.1. The normalized spacial score (nSPS) is 14.7. The lowest BCUT2D eigenvalue weighted by Gasteiger charge is -2.26. The van der Waals surface area contributed by atoms with E-state index in [1.165, 1.54) is 39.5 Å². The first kappa shape index (κ1) is 27.9. The van der Waals surface area contributed by atoms with Crippen LogP contribution in [0.4, 0.5) is 5.82 Å². The minimum Gasteiger partial charge on any atom is -0.465 e. The minimum atomic E-state index is -0.471. The number of likely N-dealkylation sites (tertiary alicyclic amines) is 1. The number of fused-ring (bicyclic) bond motifs is 3. The highest BCUT2D eigenvalue weighted by Gasteiger charge is 2.23. The van der Waals surface area contributed by atoms with Gasteiger partial charge in [-0.3, -0.25) is 0 Å². The molecule has 0 radical (unpaired) electrons. The lowest BCUT2D eigenvalue weighted by molar-refractivity contribution is 0.0600. The third kappa shape index (κ3) is 6.30. The SMILES string of the molecule is COC(=O)c1ccc2c(c1)[nH]c1nc(C(OCc3ccccc3)c3ccccc3)nc(NCCCN3CCCCC3)c12. The van der Waals surface area contributed by atoms with Crippen LogP contribution < -0.4 is 5.32 Å². The summed E-state index contributed by atoms with van der Waals surface area (Å²) in [7, 11) is 1.39. The predicted molar refractivity (Wildman–Crippen MR) is 166 cm³/mol. The van der Waals surface area contributed by atoms with E-state index >= 15 is 0 Å². The third-order valence-corrected chi connectivity index (χ3v) is 7.88. The fourth-order valence-electron chi connectivity index (χ4n) is 5.70. The predicted octanol–water partition coefficient (Wildman–Crippen LogP) is 6.49. The fourth-order valence-corrected chi connectivity index (χ4v) is 5.70. The molecule has 2 aromatic heterocycles. The molecule has 0 spiro atoms. The number of piperidine rings is 1. The van der Waals surface area contributed by atoms with Crippen LogP contribution in [0, 0.1) is 0 Å². The van der Waals surface area contributed by atoms with Crippen LogP contribution in [0.15, 0.2) is 78.9 Å². The summed E-state index contributed by atoms with van der Waals surface area (Å²) in [6, 6.07) is 25.7. The number of hydrogen-bond donors (Lipinski definition) is 2. The van der Waals surface area contributed by atoms with Crippen molar-refractivity contribution in [1.29, 1.82) is 0 Å². The van der Waals surface area contributed by atoms with E-state index in [-0.39, 0.29) is 5.97 Å². The van der Waals surface area contributed by atoms with E-state index < -0.39 is 6.10 Å². The van der Waals surface area contributed by atoms with E-state index in [1.54, 1.807) is 6.07 Å². The number of ether oxygens (including phenoxy) is 2. The van der Waals surface area contributed by atoms with Gasteiger partial charge in [-0.1, -0.05) is 73.2 Å². The number of methoxy groups -OCH3 is 1. The summed E-state index contributed by atoms with van der Waals surface area (Å²) in [4.78, 5) is 28.3. The molecule has 2 N–H and O–H groups in total. The molecule has 1 atom stereocenters. The molecule has 8 heteroatoms. The zero-order valence-electron chi connectivity index (χ0n) is 24.0. The Morgan fingerprint density at radius 2 is 1.74 bits per heavy atom. The van der Waals surface area contributed by atoms with Gasteiger partial charge < -0.3 is 24.7 Å². The maximum atomic E-state index is 12.2. The molecule has 8 nitrogen and oxygen atoms in total. The first-order chi connectivity index (χ1) is 20.7. The van der Waals surface area contributed by atoms with Gasteiger partial charge in [0.25, 0.3) is 0 Å². The van der Waals surface area contributed by atoms with Crippen molar-refractivity contribution in [1.82, 2.24) is 19.9 Å². The van der Waals surface area contributed by atoms with Crippen molar-refractivity contribution in [2.75, 3.05) is 38.6 Å². The Kier molecular flexibility index (Phi) is 8.72. The van der Waals surface area contributed by atoms with Crippen molar-refractivity contribution in [3.8, 4) is 0 Å². The maximum Gasteiger partial charge on any atom is 0.337 e. The van der Waals surface area contributed by atoms with Crippen LogP contribution in [-0.4, -0.2) is 59.1 Å². The van der Waals surface area contributed by atoms with Crippen LogP contribution in [0.2, 0.25) is 0 Å². The van der Waals surface area contributed by atoms with Crippen LogP contribution >= 0.6 is 0 Å². The number of H-pyrrole nitrogens is 1. The Morgan fingerprint density at radius 3 is 2.50 bits per heavy atom. The molecule has 1 unspecified atom stereocenters. The van der Waals surface area contributed by atoms with Gasteiger partial charge >= 0.3 is 5.97 Å². The lowest BCUT2D eigenvalue weighted by Crippen LogP contribution is -2.31. The highest BCUT2D eigenvalue weighted by molar-refractivity contribution is 6.12. The number of aromatic nitrogens is 3. The second-order valence-corrected chi connectivity index (χ2v) is 10.8. The second-order valence-electron chi connectivity index (χ2n) is 10.8. The molecular weight excluding hydrogens is 526 g/mol. The highest BCUT2D eigenvalue weighted by Crippen LogP contribution is 2.34. The van der Waals surface area contributed by atoms with Gasteiger partial charge in [-0.15, -0.1) is 0 Å². The Morgan fingerprint density at radius 1 is 0.976 bits per heavy atom. The molecule has 216 valence electrons. The van der Waals surface area contributed by atoms with E-state index in [0.717, 1.165) is 52.7 Å².